The maximum Gasteiger partial charge on any atom is 0.421 e. The molecule has 0 aliphatic heterocycles. The second-order valence-corrected chi connectivity index (χ2v) is 13.1. The zero-order valence-corrected chi connectivity index (χ0v) is 20.4. The van der Waals surface area contributed by atoms with Gasteiger partial charge >= 0.3 is 10.1 Å². The van der Waals surface area contributed by atoms with Crippen LogP contribution >= 0.6 is 10.3 Å². The van der Waals surface area contributed by atoms with Gasteiger partial charge in [-0.15, -0.1) is 8.42 Å². The highest BCUT2D eigenvalue weighted by molar-refractivity contribution is 8.32. The summed E-state index contributed by atoms with van der Waals surface area (Å²) in [6.07, 6.45) is 8.57. The van der Waals surface area contributed by atoms with Crippen LogP contribution in [0.5, 0.6) is 0 Å². The van der Waals surface area contributed by atoms with Crippen molar-refractivity contribution in [3.8, 4) is 0 Å². The Balaban J connectivity index is 3.05. The van der Waals surface area contributed by atoms with Crippen LogP contribution in [0, 0.1) is 6.92 Å². The molecule has 1 rings (SSSR count). The maximum absolute atomic E-state index is 13.1. The van der Waals surface area contributed by atoms with E-state index in [1.165, 1.54) is 0 Å². The maximum atomic E-state index is 13.1. The molecule has 0 atom stereocenters. The molecule has 0 aromatic heterocycles. The average Bonchev–Trinajstić information content (AvgIpc) is 2.68. The van der Waals surface area contributed by atoms with E-state index in [0.717, 1.165) is 68.4 Å². The Hall–Kier alpha value is -0.850. The lowest BCUT2D eigenvalue weighted by molar-refractivity contribution is -0.116. The first-order valence-corrected chi connectivity index (χ1v) is 14.7. The summed E-state index contributed by atoms with van der Waals surface area (Å²) >= 11 is 0. The van der Waals surface area contributed by atoms with Gasteiger partial charge in [0, 0.05) is 17.9 Å². The van der Waals surface area contributed by atoms with Gasteiger partial charge < -0.3 is 0 Å². The van der Waals surface area contributed by atoms with Crippen molar-refractivity contribution in [1.29, 1.82) is 0 Å². The summed E-state index contributed by atoms with van der Waals surface area (Å²) in [4.78, 5) is 13.0. The van der Waals surface area contributed by atoms with Gasteiger partial charge in [0.05, 0.1) is 5.75 Å². The second kappa shape index (κ2) is 13.5. The third kappa shape index (κ3) is 9.67. The number of Topliss-reactive ketones (excluding diaryl/α,β-unsaturated/α-hetero) is 1. The molecule has 29 heavy (non-hydrogen) atoms. The molecule has 168 valence electrons. The van der Waals surface area contributed by atoms with Crippen molar-refractivity contribution in [2.24, 2.45) is 0 Å². The number of hydrogen-bond acceptors (Lipinski definition) is 3. The Kier molecular flexibility index (Phi) is 12.1. The fourth-order valence-corrected chi connectivity index (χ4v) is 9.44. The van der Waals surface area contributed by atoms with Crippen LogP contribution in [-0.4, -0.2) is 35.1 Å². The summed E-state index contributed by atoms with van der Waals surface area (Å²) in [6.45, 7) is 8.29. The van der Waals surface area contributed by atoms with E-state index in [1.807, 2.05) is 6.92 Å². The molecule has 0 amide bonds. The molecule has 0 radical (unpaired) electrons. The van der Waals surface area contributed by atoms with Crippen LogP contribution in [0.2, 0.25) is 0 Å². The molecule has 0 saturated carbocycles. The fourth-order valence-electron chi connectivity index (χ4n) is 3.26. The summed E-state index contributed by atoms with van der Waals surface area (Å²) < 4.78 is 30.8. The minimum absolute atomic E-state index is 0.186. The van der Waals surface area contributed by atoms with E-state index in [0.29, 0.717) is 12.2 Å². The Bertz CT molecular complexity index is 688. The van der Waals surface area contributed by atoms with Crippen LogP contribution in [0.3, 0.4) is 0 Å². The Labute approximate surface area is 180 Å². The lowest BCUT2D eigenvalue weighted by atomic mass is 10.1. The second-order valence-electron chi connectivity index (χ2n) is 7.97. The van der Waals surface area contributed by atoms with Crippen molar-refractivity contribution in [3.63, 3.8) is 0 Å². The molecule has 0 bridgehead atoms. The Morgan fingerprint density at radius 2 is 1.38 bits per heavy atom. The van der Waals surface area contributed by atoms with Crippen molar-refractivity contribution < 1.29 is 16.8 Å². The topological polar surface area (TPSA) is 64.0 Å². The predicted molar refractivity (Wildman–Crippen MR) is 127 cm³/mol. The van der Waals surface area contributed by atoms with Crippen LogP contribution in [0.25, 0.3) is 0 Å². The van der Waals surface area contributed by atoms with Gasteiger partial charge in [-0.1, -0.05) is 70.6 Å². The molecule has 0 aliphatic carbocycles. The molecular formula is C23H41O4S2+. The third-order valence-electron chi connectivity index (χ3n) is 5.07. The van der Waals surface area contributed by atoms with Crippen LogP contribution in [-0.2, 0) is 14.9 Å². The van der Waals surface area contributed by atoms with Crippen molar-refractivity contribution in [3.05, 3.63) is 29.8 Å². The largest absolute Gasteiger partial charge is 0.421 e. The number of hydrogen-bond donors (Lipinski definition) is 0. The number of aryl methyl sites for hydroxylation is 1. The molecule has 0 fully saturated rings. The number of carbonyl (C=O) groups is 1. The van der Waals surface area contributed by atoms with Gasteiger partial charge in [0.25, 0.3) is 0 Å². The summed E-state index contributed by atoms with van der Waals surface area (Å²) in [7, 11) is -5.65. The van der Waals surface area contributed by atoms with E-state index in [4.69, 9.17) is 0 Å². The van der Waals surface area contributed by atoms with E-state index >= 15 is 0 Å². The lowest BCUT2D eigenvalue weighted by Gasteiger charge is -2.33. The first-order valence-electron chi connectivity index (χ1n) is 11.1. The minimum Gasteiger partial charge on any atom is -0.299 e. The van der Waals surface area contributed by atoms with Crippen molar-refractivity contribution in [2.45, 2.75) is 90.4 Å². The summed E-state index contributed by atoms with van der Waals surface area (Å²) in [5, 5.41) is 0. The molecule has 0 aliphatic rings. The van der Waals surface area contributed by atoms with Crippen molar-refractivity contribution >= 4 is 26.2 Å². The van der Waals surface area contributed by atoms with Gasteiger partial charge in [0.15, 0.2) is 0 Å². The zero-order chi connectivity index (χ0) is 21.8. The molecular weight excluding hydrogens is 404 g/mol. The number of carbonyl (C=O) groups excluding carboxylic acids is 1. The van der Waals surface area contributed by atoms with E-state index in [1.54, 1.807) is 24.3 Å². The van der Waals surface area contributed by atoms with Gasteiger partial charge in [-0.3, -0.25) is 8.42 Å². The Morgan fingerprint density at radius 1 is 0.828 bits per heavy atom. The third-order valence-corrected chi connectivity index (χ3v) is 10.9. The first kappa shape index (κ1) is 26.2. The fraction of sp³-hybridized carbons (Fsp3) is 0.696. The van der Waals surface area contributed by atoms with E-state index in [9.17, 15) is 13.2 Å². The lowest BCUT2D eigenvalue weighted by Crippen LogP contribution is -2.28. The molecule has 4 nitrogen and oxygen atoms in total. The summed E-state index contributed by atoms with van der Waals surface area (Å²) in [5.74, 6) is 1.97. The van der Waals surface area contributed by atoms with Crippen LogP contribution in [0.1, 0.15) is 84.1 Å². The predicted octanol–water partition coefficient (Wildman–Crippen LogP) is 6.64. The van der Waals surface area contributed by atoms with Gasteiger partial charge in [0.1, 0.15) is 10.7 Å². The molecule has 0 unspecified atom stereocenters. The van der Waals surface area contributed by atoms with Crippen LogP contribution in [0.15, 0.2) is 29.2 Å². The van der Waals surface area contributed by atoms with Gasteiger partial charge in [-0.05, 0) is 48.6 Å². The van der Waals surface area contributed by atoms with Gasteiger partial charge in [-0.25, -0.2) is 0 Å². The zero-order valence-electron chi connectivity index (χ0n) is 18.8. The molecule has 0 saturated heterocycles. The van der Waals surface area contributed by atoms with Crippen LogP contribution < -0.4 is 0 Å². The number of ketones is 1. The normalized spacial score (nSPS) is 12.8. The summed E-state index contributed by atoms with van der Waals surface area (Å²) in [6, 6.07) is 6.86. The molecule has 1 aromatic carbocycles. The standard InChI is InChI=1S/C23H40O4S2/c1-5-8-11-12-13-22(24)20-28(18-9-6-2,19-10-7-3)27-29(25,26)23-16-14-21(4)15-17-23/h14-17H,5-13,18-20H2,1-4H3/p+1. The smallest absolute Gasteiger partial charge is 0.299 e. The van der Waals surface area contributed by atoms with Gasteiger partial charge in [0.2, 0.25) is 0 Å². The molecule has 1 aromatic rings. The molecule has 0 spiro atoms. The number of unbranched alkanes of at least 4 members (excludes halogenated alkanes) is 5. The van der Waals surface area contributed by atoms with Crippen molar-refractivity contribution in [2.75, 3.05) is 17.3 Å². The monoisotopic (exact) mass is 445 g/mol. The number of benzene rings is 1. The highest BCUT2D eigenvalue weighted by atomic mass is 32.3. The highest BCUT2D eigenvalue weighted by Gasteiger charge is 2.38. The summed E-state index contributed by atoms with van der Waals surface area (Å²) in [5.41, 5.74) is 1.02. The van der Waals surface area contributed by atoms with Gasteiger partial charge in [-0.2, -0.15) is 0 Å². The molecule has 6 heteroatoms. The highest BCUT2D eigenvalue weighted by Crippen LogP contribution is 2.51. The number of rotatable bonds is 16. The molecule has 0 heterocycles. The van der Waals surface area contributed by atoms with Crippen molar-refractivity contribution in [1.82, 2.24) is 0 Å². The van der Waals surface area contributed by atoms with E-state index in [2.05, 4.69) is 24.4 Å². The van der Waals surface area contributed by atoms with E-state index < -0.39 is 20.4 Å². The molecule has 1 N–H and O–H groups in total. The minimum atomic E-state index is -3.76. The van der Waals surface area contributed by atoms with E-state index in [-0.39, 0.29) is 10.7 Å². The SMILES string of the molecule is CCCCCCC(=O)CS(CCCC)(CCCC)[OH+]S(=O)(=O)c1ccc(C)cc1. The van der Waals surface area contributed by atoms with Crippen LogP contribution in [0.4, 0.5) is 0 Å². The quantitative estimate of drug-likeness (QED) is 0.163. The first-order chi connectivity index (χ1) is 13.8. The Morgan fingerprint density at radius 3 is 1.90 bits per heavy atom. The average molecular weight is 446 g/mol.